The van der Waals surface area contributed by atoms with E-state index in [1.165, 1.54) is 0 Å². The zero-order valence-electron chi connectivity index (χ0n) is 19.9. The van der Waals surface area contributed by atoms with Gasteiger partial charge in [-0.3, -0.25) is 13.7 Å². The van der Waals surface area contributed by atoms with E-state index in [0.29, 0.717) is 43.0 Å². The van der Waals surface area contributed by atoms with Crippen LogP contribution in [0.1, 0.15) is 39.3 Å². The fourth-order valence-corrected chi connectivity index (χ4v) is 4.57. The average molecular weight is 550 g/mol. The predicted octanol–water partition coefficient (Wildman–Crippen LogP) is 3.05. The van der Waals surface area contributed by atoms with E-state index in [-0.39, 0.29) is 36.4 Å². The number of carbonyl (C=O) groups excluding carboxylic acids is 1. The molecule has 2 aliphatic heterocycles. The first-order chi connectivity index (χ1) is 17.2. The van der Waals surface area contributed by atoms with Crippen molar-refractivity contribution in [2.75, 3.05) is 38.3 Å². The Kier molecular flexibility index (Phi) is 8.99. The summed E-state index contributed by atoms with van der Waals surface area (Å²) in [5, 5.41) is 3.40. The van der Waals surface area contributed by atoms with E-state index in [2.05, 4.69) is 25.0 Å². The van der Waals surface area contributed by atoms with Crippen molar-refractivity contribution in [1.82, 2.24) is 19.5 Å². The lowest BCUT2D eigenvalue weighted by Gasteiger charge is -2.17. The van der Waals surface area contributed by atoms with Gasteiger partial charge in [0.05, 0.1) is 37.8 Å². The molecule has 0 amide bonds. The molecule has 2 aromatic rings. The first-order valence-electron chi connectivity index (χ1n) is 11.5. The number of nitrogens with one attached hydrogen (secondary N) is 1. The van der Waals surface area contributed by atoms with Crippen LogP contribution < -0.4 is 5.32 Å². The largest absolute Gasteiger partial charge is 0.510 e. The van der Waals surface area contributed by atoms with Crippen molar-refractivity contribution in [3.63, 3.8) is 0 Å². The maximum atomic E-state index is 12.1. The molecule has 0 aliphatic carbocycles. The molecule has 2 saturated heterocycles. The zero-order valence-corrected chi connectivity index (χ0v) is 21.5. The smallest absolute Gasteiger partial charge is 0.432 e. The van der Waals surface area contributed by atoms with Gasteiger partial charge in [-0.25, -0.2) is 9.78 Å². The molecule has 2 aliphatic rings. The van der Waals surface area contributed by atoms with Crippen LogP contribution >= 0.6 is 19.2 Å². The number of anilines is 1. The van der Waals surface area contributed by atoms with Crippen LogP contribution in [-0.2, 0) is 32.8 Å². The molecule has 4 atom stereocenters. The number of fused-ring (bicyclic) bond motifs is 1. The van der Waals surface area contributed by atoms with Crippen molar-refractivity contribution in [3.8, 4) is 0 Å². The number of ether oxygens (including phenoxy) is 5. The number of halogens is 1. The lowest BCUT2D eigenvalue weighted by molar-refractivity contribution is -0.0378. The van der Waals surface area contributed by atoms with Gasteiger partial charge in [0.25, 0.3) is 0 Å². The average Bonchev–Trinajstić information content (AvgIpc) is 3.54. The first-order valence-corrected chi connectivity index (χ1v) is 13.6. The van der Waals surface area contributed by atoms with Gasteiger partial charge in [-0.15, -0.1) is 0 Å². The molecule has 0 spiro atoms. The Morgan fingerprint density at radius 1 is 1.36 bits per heavy atom. The van der Waals surface area contributed by atoms with E-state index in [0.717, 1.165) is 6.42 Å². The third kappa shape index (κ3) is 7.25. The molecule has 14 nitrogen and oxygen atoms in total. The van der Waals surface area contributed by atoms with Gasteiger partial charge in [-0.1, -0.05) is 0 Å². The first kappa shape index (κ1) is 27.0. The van der Waals surface area contributed by atoms with Crippen LogP contribution in [0.4, 0.5) is 10.6 Å². The topological polar surface area (TPSA) is 165 Å². The number of rotatable bonds is 11. The minimum atomic E-state index is -4.13. The maximum absolute atomic E-state index is 12.1. The molecule has 0 aromatic carbocycles. The lowest BCUT2D eigenvalue weighted by Crippen LogP contribution is -2.20. The summed E-state index contributed by atoms with van der Waals surface area (Å²) in [6, 6.07) is 0.125. The van der Waals surface area contributed by atoms with Crippen LogP contribution in [-0.4, -0.2) is 81.8 Å². The molecule has 2 aromatic heterocycles. The van der Waals surface area contributed by atoms with Crippen molar-refractivity contribution in [3.05, 3.63) is 11.6 Å². The number of hydrogen-bond acceptors (Lipinski definition) is 12. The van der Waals surface area contributed by atoms with Gasteiger partial charge in [0.2, 0.25) is 12.1 Å². The van der Waals surface area contributed by atoms with E-state index in [4.69, 9.17) is 35.1 Å². The summed E-state index contributed by atoms with van der Waals surface area (Å²) in [6.45, 7) is 3.89. The normalized spacial score (nSPS) is 23.8. The van der Waals surface area contributed by atoms with Crippen LogP contribution in [0.5, 0.6) is 0 Å². The highest BCUT2D eigenvalue weighted by Gasteiger charge is 2.30. The van der Waals surface area contributed by atoms with E-state index >= 15 is 0 Å². The molecule has 3 unspecified atom stereocenters. The molecule has 36 heavy (non-hydrogen) atoms. The number of aromatic nitrogens is 4. The third-order valence-corrected chi connectivity index (χ3v) is 6.57. The van der Waals surface area contributed by atoms with Gasteiger partial charge in [0.15, 0.2) is 17.0 Å². The zero-order chi connectivity index (χ0) is 25.7. The monoisotopic (exact) mass is 549 g/mol. The Hall–Kier alpha value is -2.06. The molecule has 4 rings (SSSR count). The lowest BCUT2D eigenvalue weighted by atomic mass is 10.2. The second kappa shape index (κ2) is 12.0. The Balaban J connectivity index is 1.27. The molecule has 0 saturated carbocycles. The fourth-order valence-electron chi connectivity index (χ4n) is 3.78. The Bertz CT molecular complexity index is 1100. The van der Waals surface area contributed by atoms with Gasteiger partial charge < -0.3 is 33.9 Å². The number of nitrogens with zero attached hydrogens (tertiary/aromatic N) is 4. The number of carbonyl (C=O) groups is 1. The van der Waals surface area contributed by atoms with Crippen LogP contribution in [0.25, 0.3) is 11.2 Å². The van der Waals surface area contributed by atoms with E-state index < -0.39 is 26.9 Å². The highest BCUT2D eigenvalue weighted by atomic mass is 35.5. The van der Waals surface area contributed by atoms with Crippen molar-refractivity contribution in [1.29, 1.82) is 0 Å². The molecule has 16 heteroatoms. The van der Waals surface area contributed by atoms with Crippen molar-refractivity contribution >= 4 is 42.3 Å². The van der Waals surface area contributed by atoms with Gasteiger partial charge in [-0.05, 0) is 44.7 Å². The highest BCUT2D eigenvalue weighted by Crippen LogP contribution is 2.42. The summed E-state index contributed by atoms with van der Waals surface area (Å²) in [4.78, 5) is 34.2. The maximum Gasteiger partial charge on any atom is 0.510 e. The summed E-state index contributed by atoms with van der Waals surface area (Å²) in [5.41, 5.74) is 1.11. The third-order valence-electron chi connectivity index (χ3n) is 5.38. The van der Waals surface area contributed by atoms with Gasteiger partial charge in [0, 0.05) is 6.61 Å². The van der Waals surface area contributed by atoms with Crippen molar-refractivity contribution in [2.45, 2.75) is 57.6 Å². The van der Waals surface area contributed by atoms with E-state index in [1.807, 2.05) is 0 Å². The van der Waals surface area contributed by atoms with Crippen molar-refractivity contribution in [2.24, 2.45) is 0 Å². The molecule has 4 heterocycles. The Morgan fingerprint density at radius 3 is 2.94 bits per heavy atom. The molecule has 2 N–H and O–H groups in total. The Morgan fingerprint density at radius 2 is 2.19 bits per heavy atom. The highest BCUT2D eigenvalue weighted by molar-refractivity contribution is 7.52. The summed E-state index contributed by atoms with van der Waals surface area (Å²) in [6.07, 6.45) is 1.13. The molecular formula is C20H29ClN5O9P. The molecular weight excluding hydrogens is 521 g/mol. The standard InChI is InChI=1S/C20H29ClN5O9P/c1-12(2)34-20(27)32-10-33-36(28,29)11-31-8-14-3-4-15(35-14)26-9-22-16-17(23-13-5-6-30-7-13)24-19(21)25-18(16)26/h9,12-15H,3-8,10-11H2,1-2H3,(H,28,29)(H,23,24,25)/t13-,14?,15?/m0/s1. The molecule has 200 valence electrons. The van der Waals surface area contributed by atoms with Crippen molar-refractivity contribution < 1.29 is 42.5 Å². The summed E-state index contributed by atoms with van der Waals surface area (Å²) in [5.74, 6) is 0.539. The van der Waals surface area contributed by atoms with E-state index in [9.17, 15) is 14.3 Å². The number of imidazole rings is 1. The van der Waals surface area contributed by atoms with Gasteiger partial charge in [-0.2, -0.15) is 9.97 Å². The van der Waals surface area contributed by atoms with Gasteiger partial charge >= 0.3 is 13.8 Å². The summed E-state index contributed by atoms with van der Waals surface area (Å²) < 4.78 is 44.7. The molecule has 0 radical (unpaired) electrons. The fraction of sp³-hybridized carbons (Fsp3) is 0.700. The quantitative estimate of drug-likeness (QED) is 0.182. The van der Waals surface area contributed by atoms with Gasteiger partial charge in [0.1, 0.15) is 12.6 Å². The summed E-state index contributed by atoms with van der Waals surface area (Å²) >= 11 is 6.17. The van der Waals surface area contributed by atoms with Crippen LogP contribution in [0.3, 0.4) is 0 Å². The minimum Gasteiger partial charge on any atom is -0.432 e. The molecule has 2 fully saturated rings. The second-order valence-electron chi connectivity index (χ2n) is 8.61. The van der Waals surface area contributed by atoms with Crippen LogP contribution in [0, 0.1) is 0 Å². The second-order valence-corrected chi connectivity index (χ2v) is 10.7. The summed E-state index contributed by atoms with van der Waals surface area (Å²) in [7, 11) is -4.13. The molecule has 0 bridgehead atoms. The van der Waals surface area contributed by atoms with E-state index in [1.54, 1.807) is 24.7 Å². The van der Waals surface area contributed by atoms with Crippen LogP contribution in [0.15, 0.2) is 6.33 Å². The SMILES string of the molecule is CC(C)OC(=O)OCOP(=O)(O)COCC1CCC(n2cnc3c(N[C@H]4CCOC4)nc(Cl)nc32)O1. The Labute approximate surface area is 212 Å². The van der Waals surface area contributed by atoms with Crippen LogP contribution in [0.2, 0.25) is 5.28 Å². The minimum absolute atomic E-state index is 0.0670. The number of hydrogen-bond donors (Lipinski definition) is 2. The predicted molar refractivity (Wildman–Crippen MR) is 126 cm³/mol.